The molecule has 3 aliphatic rings. The number of nitrogens with zero attached hydrogens (tertiary/aromatic N) is 5. The second kappa shape index (κ2) is 7.66. The van der Waals surface area contributed by atoms with Crippen LogP contribution in [0.25, 0.3) is 10.9 Å². The third-order valence-corrected chi connectivity index (χ3v) is 8.34. The summed E-state index contributed by atoms with van der Waals surface area (Å²) in [6, 6.07) is 0. The maximum atomic E-state index is 5.85. The van der Waals surface area contributed by atoms with Gasteiger partial charge in [-0.05, 0) is 69.5 Å². The number of likely N-dealkylation sites (tertiary alicyclic amines) is 1. The van der Waals surface area contributed by atoms with Crippen molar-refractivity contribution in [1.82, 2.24) is 19.9 Å². The maximum Gasteiger partial charge on any atom is 0.152 e. The van der Waals surface area contributed by atoms with Gasteiger partial charge in [0, 0.05) is 25.0 Å². The van der Waals surface area contributed by atoms with Crippen molar-refractivity contribution in [3.63, 3.8) is 0 Å². The summed E-state index contributed by atoms with van der Waals surface area (Å²) >= 11 is 0. The first-order valence-electron chi connectivity index (χ1n) is 12.2. The van der Waals surface area contributed by atoms with Gasteiger partial charge in [-0.25, -0.2) is 9.97 Å². The van der Waals surface area contributed by atoms with Crippen molar-refractivity contribution in [2.45, 2.75) is 65.8 Å². The number of aromatic nitrogens is 3. The third kappa shape index (κ3) is 3.09. The Labute approximate surface area is 186 Å². The molecule has 2 unspecified atom stereocenters. The second-order valence-corrected chi connectivity index (χ2v) is 10.1. The smallest absolute Gasteiger partial charge is 0.152 e. The number of hydrogen-bond acceptors (Lipinski definition) is 6. The first-order chi connectivity index (χ1) is 15.0. The summed E-state index contributed by atoms with van der Waals surface area (Å²) in [6.45, 7) is 16.7. The van der Waals surface area contributed by atoms with Gasteiger partial charge in [0.05, 0.1) is 29.7 Å². The van der Waals surface area contributed by atoms with Crippen LogP contribution in [0, 0.1) is 25.2 Å². The molecular formula is C25H37N5O. The van der Waals surface area contributed by atoms with Crippen LogP contribution in [-0.2, 0) is 10.3 Å². The van der Waals surface area contributed by atoms with E-state index in [0.717, 1.165) is 74.1 Å². The molecule has 0 amide bonds. The Hall–Kier alpha value is -1.79. The largest absolute Gasteiger partial charge is 0.379 e. The molecular weight excluding hydrogens is 386 g/mol. The first kappa shape index (κ1) is 21.1. The average molecular weight is 424 g/mol. The van der Waals surface area contributed by atoms with Gasteiger partial charge < -0.3 is 9.64 Å². The van der Waals surface area contributed by atoms with Crippen molar-refractivity contribution in [2.24, 2.45) is 11.3 Å². The Kier molecular flexibility index (Phi) is 5.21. The maximum absolute atomic E-state index is 5.85. The summed E-state index contributed by atoms with van der Waals surface area (Å²) in [4.78, 5) is 20.5. The van der Waals surface area contributed by atoms with Gasteiger partial charge in [-0.15, -0.1) is 0 Å². The first-order valence-corrected chi connectivity index (χ1v) is 12.2. The molecule has 5 rings (SSSR count). The summed E-state index contributed by atoms with van der Waals surface area (Å²) in [7, 11) is 0. The van der Waals surface area contributed by atoms with Crippen LogP contribution in [0.2, 0.25) is 0 Å². The minimum atomic E-state index is -0.0533. The molecule has 1 spiro atoms. The topological polar surface area (TPSA) is 54.4 Å². The molecule has 1 aliphatic carbocycles. The molecule has 6 nitrogen and oxygen atoms in total. The van der Waals surface area contributed by atoms with Crippen molar-refractivity contribution >= 4 is 16.7 Å². The predicted molar refractivity (Wildman–Crippen MR) is 125 cm³/mol. The van der Waals surface area contributed by atoms with Gasteiger partial charge in [-0.2, -0.15) is 0 Å². The molecule has 168 valence electrons. The highest BCUT2D eigenvalue weighted by molar-refractivity contribution is 5.91. The molecule has 0 radical (unpaired) electrons. The van der Waals surface area contributed by atoms with E-state index >= 15 is 0 Å². The van der Waals surface area contributed by atoms with Crippen LogP contribution in [0.1, 0.15) is 63.5 Å². The van der Waals surface area contributed by atoms with Gasteiger partial charge in [0.25, 0.3) is 0 Å². The zero-order valence-electron chi connectivity index (χ0n) is 19.9. The quantitative estimate of drug-likeness (QED) is 0.734. The fourth-order valence-corrected chi connectivity index (χ4v) is 6.35. The van der Waals surface area contributed by atoms with Crippen molar-refractivity contribution in [3.8, 4) is 0 Å². The second-order valence-electron chi connectivity index (χ2n) is 10.1. The fourth-order valence-electron chi connectivity index (χ4n) is 6.35. The number of pyridine rings is 1. The van der Waals surface area contributed by atoms with Gasteiger partial charge in [0.2, 0.25) is 0 Å². The Morgan fingerprint density at radius 2 is 1.94 bits per heavy atom. The summed E-state index contributed by atoms with van der Waals surface area (Å²) in [6.07, 6.45) is 6.93. The molecule has 3 fully saturated rings. The lowest BCUT2D eigenvalue weighted by Crippen LogP contribution is -2.47. The van der Waals surface area contributed by atoms with Crippen molar-refractivity contribution in [2.75, 3.05) is 44.3 Å². The Morgan fingerprint density at radius 1 is 1.13 bits per heavy atom. The molecule has 2 atom stereocenters. The molecule has 0 N–H and O–H groups in total. The molecule has 0 aromatic carbocycles. The van der Waals surface area contributed by atoms with Crippen molar-refractivity contribution < 1.29 is 4.74 Å². The van der Waals surface area contributed by atoms with Crippen LogP contribution in [0.3, 0.4) is 0 Å². The molecule has 4 heterocycles. The lowest BCUT2D eigenvalue weighted by molar-refractivity contribution is 0.0769. The molecule has 6 heteroatoms. The highest BCUT2D eigenvalue weighted by Gasteiger charge is 2.66. The number of hydrogen-bond donors (Lipinski definition) is 0. The highest BCUT2D eigenvalue weighted by Crippen LogP contribution is 2.67. The summed E-state index contributed by atoms with van der Waals surface area (Å²) in [5.41, 5.74) is 3.62. The molecule has 2 aromatic rings. The predicted octanol–water partition coefficient (Wildman–Crippen LogP) is 4.23. The van der Waals surface area contributed by atoms with Gasteiger partial charge in [0.1, 0.15) is 5.82 Å². The summed E-state index contributed by atoms with van der Waals surface area (Å²) in [5, 5.41) is 1.08. The lowest BCUT2D eigenvalue weighted by atomic mass is 9.78. The Balaban J connectivity index is 1.75. The van der Waals surface area contributed by atoms with Crippen molar-refractivity contribution in [1.29, 1.82) is 0 Å². The standard InChI is InChI=1S/C25H37N5O/c1-6-25(24(8-9-24)10-11-30(25)7-2)23-27-21-18(4)19(5)26-14-20(21)22(28-23)29-12-13-31-16-17(3)15-29/h14,17H,6-13,15-16H2,1-5H3. The summed E-state index contributed by atoms with van der Waals surface area (Å²) < 4.78 is 5.85. The highest BCUT2D eigenvalue weighted by atomic mass is 16.5. The third-order valence-electron chi connectivity index (χ3n) is 8.34. The van der Waals surface area contributed by atoms with Crippen LogP contribution in [0.15, 0.2) is 6.20 Å². The number of fused-ring (bicyclic) bond motifs is 1. The zero-order valence-corrected chi connectivity index (χ0v) is 19.9. The molecule has 2 aliphatic heterocycles. The normalized spacial score (nSPS) is 28.4. The zero-order chi connectivity index (χ0) is 21.8. The van der Waals surface area contributed by atoms with Gasteiger partial charge in [0.15, 0.2) is 5.82 Å². The molecule has 0 bridgehead atoms. The number of ether oxygens (including phenoxy) is 1. The molecule has 31 heavy (non-hydrogen) atoms. The van der Waals surface area contributed by atoms with Crippen LogP contribution < -0.4 is 4.90 Å². The Bertz CT molecular complexity index is 988. The van der Waals surface area contributed by atoms with E-state index in [1.165, 1.54) is 24.8 Å². The van der Waals surface area contributed by atoms with Crippen LogP contribution >= 0.6 is 0 Å². The van der Waals surface area contributed by atoms with E-state index in [4.69, 9.17) is 19.7 Å². The monoisotopic (exact) mass is 423 g/mol. The van der Waals surface area contributed by atoms with E-state index in [0.29, 0.717) is 11.3 Å². The minimum Gasteiger partial charge on any atom is -0.379 e. The van der Waals surface area contributed by atoms with Gasteiger partial charge >= 0.3 is 0 Å². The van der Waals surface area contributed by atoms with E-state index in [9.17, 15) is 0 Å². The van der Waals surface area contributed by atoms with E-state index in [2.05, 4.69) is 44.4 Å². The van der Waals surface area contributed by atoms with Gasteiger partial charge in [-0.1, -0.05) is 20.8 Å². The average Bonchev–Trinajstić information content (AvgIpc) is 3.52. The molecule has 2 saturated heterocycles. The van der Waals surface area contributed by atoms with Gasteiger partial charge in [-0.3, -0.25) is 9.88 Å². The number of rotatable bonds is 4. The molecule has 2 aromatic heterocycles. The minimum absolute atomic E-state index is 0.0533. The van der Waals surface area contributed by atoms with E-state index in [1.54, 1.807) is 0 Å². The summed E-state index contributed by atoms with van der Waals surface area (Å²) in [5.74, 6) is 2.57. The number of aryl methyl sites for hydroxylation is 2. The molecule has 1 saturated carbocycles. The van der Waals surface area contributed by atoms with Crippen LogP contribution in [0.5, 0.6) is 0 Å². The Morgan fingerprint density at radius 3 is 2.65 bits per heavy atom. The lowest BCUT2D eigenvalue weighted by Gasteiger charge is -2.41. The number of anilines is 1. The SMILES string of the molecule is CCN1CCC2(CC2)C1(CC)c1nc(N2CCOCC(C)C2)c2cnc(C)c(C)c2n1. The van der Waals surface area contributed by atoms with Crippen molar-refractivity contribution in [3.05, 3.63) is 23.3 Å². The fraction of sp³-hybridized carbons (Fsp3) is 0.720. The van der Waals surface area contributed by atoms with E-state index in [1.807, 2.05) is 6.20 Å². The van der Waals surface area contributed by atoms with E-state index < -0.39 is 0 Å². The van der Waals surface area contributed by atoms with E-state index in [-0.39, 0.29) is 5.54 Å². The van der Waals surface area contributed by atoms with Crippen LogP contribution in [0.4, 0.5) is 5.82 Å². The van der Waals surface area contributed by atoms with Crippen LogP contribution in [-0.4, -0.2) is 59.2 Å².